The second-order valence-corrected chi connectivity index (χ2v) is 4.16. The van der Waals surface area contributed by atoms with Gasteiger partial charge in [-0.3, -0.25) is 10.1 Å². The highest BCUT2D eigenvalue weighted by molar-refractivity contribution is 5.45. The Kier molecular flexibility index (Phi) is 4.35. The van der Waals surface area contributed by atoms with Crippen LogP contribution in [-0.4, -0.2) is 11.5 Å². The van der Waals surface area contributed by atoms with Crippen molar-refractivity contribution in [2.75, 3.05) is 6.61 Å². The third-order valence-electron chi connectivity index (χ3n) is 2.69. The molecule has 0 spiro atoms. The molecule has 0 saturated heterocycles. The van der Waals surface area contributed by atoms with Gasteiger partial charge in [0.05, 0.1) is 11.0 Å². The number of aryl methyl sites for hydroxylation is 1. The highest BCUT2D eigenvalue weighted by Gasteiger charge is 2.11. The summed E-state index contributed by atoms with van der Waals surface area (Å²) in [4.78, 5) is 10.4. The monoisotopic (exact) mass is 267 g/mol. The quantitative estimate of drug-likeness (QED) is 0.487. The summed E-state index contributed by atoms with van der Waals surface area (Å²) in [5, 5.41) is 10.8. The van der Waals surface area contributed by atoms with Crippen LogP contribution in [0.2, 0.25) is 0 Å². The molecule has 0 aliphatic carbocycles. The minimum atomic E-state index is -0.419. The SMILES string of the molecule is Cc1ccc(OCC#Cc2ccccc2)cc1[N+](=O)[O-]. The highest BCUT2D eigenvalue weighted by atomic mass is 16.6. The second kappa shape index (κ2) is 6.39. The molecule has 0 amide bonds. The van der Waals surface area contributed by atoms with Gasteiger partial charge in [0.25, 0.3) is 5.69 Å². The Balaban J connectivity index is 2.00. The Morgan fingerprint density at radius 2 is 1.95 bits per heavy atom. The van der Waals surface area contributed by atoms with Crippen LogP contribution in [-0.2, 0) is 0 Å². The van der Waals surface area contributed by atoms with Gasteiger partial charge in [-0.25, -0.2) is 0 Å². The van der Waals surface area contributed by atoms with Crippen molar-refractivity contribution in [1.82, 2.24) is 0 Å². The molecule has 2 aromatic carbocycles. The molecule has 0 fully saturated rings. The van der Waals surface area contributed by atoms with Gasteiger partial charge in [0.2, 0.25) is 0 Å². The fourth-order valence-electron chi connectivity index (χ4n) is 1.65. The first kappa shape index (κ1) is 13.6. The molecule has 0 bridgehead atoms. The van der Waals surface area contributed by atoms with Gasteiger partial charge in [-0.1, -0.05) is 30.0 Å². The van der Waals surface area contributed by atoms with Crippen LogP contribution in [0.25, 0.3) is 0 Å². The largest absolute Gasteiger partial charge is 0.481 e. The first-order chi connectivity index (χ1) is 9.66. The third kappa shape index (κ3) is 3.59. The summed E-state index contributed by atoms with van der Waals surface area (Å²) in [7, 11) is 0. The molecular weight excluding hydrogens is 254 g/mol. The van der Waals surface area contributed by atoms with Gasteiger partial charge >= 0.3 is 0 Å². The molecule has 0 heterocycles. The Hall–Kier alpha value is -2.80. The smallest absolute Gasteiger partial charge is 0.276 e. The molecule has 0 saturated carbocycles. The van der Waals surface area contributed by atoms with Gasteiger partial charge in [0.15, 0.2) is 0 Å². The van der Waals surface area contributed by atoms with Crippen LogP contribution in [0.1, 0.15) is 11.1 Å². The molecule has 4 heteroatoms. The van der Waals surface area contributed by atoms with Crippen LogP contribution in [0.3, 0.4) is 0 Å². The summed E-state index contributed by atoms with van der Waals surface area (Å²) in [5.74, 6) is 6.27. The molecule has 0 unspecified atom stereocenters. The maximum absolute atomic E-state index is 10.8. The zero-order valence-corrected chi connectivity index (χ0v) is 11.0. The number of hydrogen-bond acceptors (Lipinski definition) is 3. The van der Waals surface area contributed by atoms with Crippen LogP contribution in [0.15, 0.2) is 48.5 Å². The average molecular weight is 267 g/mol. The molecular formula is C16H13NO3. The van der Waals surface area contributed by atoms with Gasteiger partial charge in [0.1, 0.15) is 12.4 Å². The van der Waals surface area contributed by atoms with Gasteiger partial charge in [-0.05, 0) is 31.2 Å². The fraction of sp³-hybridized carbons (Fsp3) is 0.125. The second-order valence-electron chi connectivity index (χ2n) is 4.16. The number of nitro benzene ring substituents is 1. The zero-order valence-electron chi connectivity index (χ0n) is 11.0. The van der Waals surface area contributed by atoms with E-state index >= 15 is 0 Å². The molecule has 0 N–H and O–H groups in total. The van der Waals surface area contributed by atoms with Gasteiger partial charge in [0, 0.05) is 11.1 Å². The number of rotatable bonds is 3. The maximum atomic E-state index is 10.8. The van der Waals surface area contributed by atoms with Crippen molar-refractivity contribution in [3.05, 3.63) is 69.8 Å². The Morgan fingerprint density at radius 3 is 2.65 bits per heavy atom. The zero-order chi connectivity index (χ0) is 14.4. The van der Waals surface area contributed by atoms with E-state index in [1.807, 2.05) is 30.3 Å². The molecule has 100 valence electrons. The van der Waals surface area contributed by atoms with Crippen LogP contribution in [0, 0.1) is 28.9 Å². The molecule has 2 aromatic rings. The van der Waals surface area contributed by atoms with Crippen molar-refractivity contribution in [3.63, 3.8) is 0 Å². The summed E-state index contributed by atoms with van der Waals surface area (Å²) in [5.41, 5.74) is 1.57. The van der Waals surface area contributed by atoms with Crippen molar-refractivity contribution in [1.29, 1.82) is 0 Å². The average Bonchev–Trinajstić information content (AvgIpc) is 2.46. The predicted octanol–water partition coefficient (Wildman–Crippen LogP) is 3.33. The van der Waals surface area contributed by atoms with Gasteiger partial charge in [-0.2, -0.15) is 0 Å². The number of ether oxygens (including phenoxy) is 1. The van der Waals surface area contributed by atoms with Crippen LogP contribution >= 0.6 is 0 Å². The van der Waals surface area contributed by atoms with Gasteiger partial charge < -0.3 is 4.74 Å². The fourth-order valence-corrected chi connectivity index (χ4v) is 1.65. The first-order valence-corrected chi connectivity index (χ1v) is 6.08. The summed E-state index contributed by atoms with van der Waals surface area (Å²) >= 11 is 0. The topological polar surface area (TPSA) is 52.4 Å². The van der Waals surface area contributed by atoms with Crippen molar-refractivity contribution < 1.29 is 9.66 Å². The van der Waals surface area contributed by atoms with E-state index in [2.05, 4.69) is 11.8 Å². The van der Waals surface area contributed by atoms with E-state index in [4.69, 9.17) is 4.74 Å². The van der Waals surface area contributed by atoms with E-state index in [1.54, 1.807) is 19.1 Å². The molecule has 4 nitrogen and oxygen atoms in total. The van der Waals surface area contributed by atoms with Gasteiger partial charge in [-0.15, -0.1) is 0 Å². The molecule has 0 aliphatic rings. The van der Waals surface area contributed by atoms with Crippen LogP contribution < -0.4 is 4.74 Å². The maximum Gasteiger partial charge on any atom is 0.276 e. The molecule has 0 radical (unpaired) electrons. The Labute approximate surface area is 117 Å². The molecule has 20 heavy (non-hydrogen) atoms. The summed E-state index contributed by atoms with van der Waals surface area (Å²) in [6.45, 7) is 1.88. The summed E-state index contributed by atoms with van der Waals surface area (Å²) < 4.78 is 5.40. The number of benzene rings is 2. The predicted molar refractivity (Wildman–Crippen MR) is 76.6 cm³/mol. The summed E-state index contributed by atoms with van der Waals surface area (Å²) in [6.07, 6.45) is 0. The van der Waals surface area contributed by atoms with E-state index in [1.165, 1.54) is 6.07 Å². The number of nitro groups is 1. The lowest BCUT2D eigenvalue weighted by Gasteiger charge is -2.03. The lowest BCUT2D eigenvalue weighted by atomic mass is 10.2. The van der Waals surface area contributed by atoms with Crippen molar-refractivity contribution in [2.24, 2.45) is 0 Å². The lowest BCUT2D eigenvalue weighted by Crippen LogP contribution is -1.97. The van der Waals surface area contributed by atoms with Crippen molar-refractivity contribution in [3.8, 4) is 17.6 Å². The van der Waals surface area contributed by atoms with E-state index in [-0.39, 0.29) is 12.3 Å². The Bertz CT molecular complexity index is 669. The van der Waals surface area contributed by atoms with E-state index in [0.717, 1.165) is 5.56 Å². The number of nitrogens with zero attached hydrogens (tertiary/aromatic N) is 1. The Morgan fingerprint density at radius 1 is 1.20 bits per heavy atom. The highest BCUT2D eigenvalue weighted by Crippen LogP contribution is 2.23. The minimum absolute atomic E-state index is 0.0542. The normalized spacial score (nSPS) is 9.45. The van der Waals surface area contributed by atoms with Crippen molar-refractivity contribution in [2.45, 2.75) is 6.92 Å². The first-order valence-electron chi connectivity index (χ1n) is 6.08. The molecule has 2 rings (SSSR count). The van der Waals surface area contributed by atoms with E-state index in [0.29, 0.717) is 11.3 Å². The van der Waals surface area contributed by atoms with Crippen molar-refractivity contribution >= 4 is 5.69 Å². The minimum Gasteiger partial charge on any atom is -0.481 e. The third-order valence-corrected chi connectivity index (χ3v) is 2.69. The summed E-state index contributed by atoms with van der Waals surface area (Å²) in [6, 6.07) is 14.3. The number of hydrogen-bond donors (Lipinski definition) is 0. The van der Waals surface area contributed by atoms with Crippen LogP contribution in [0.4, 0.5) is 5.69 Å². The molecule has 0 aliphatic heterocycles. The standard InChI is InChI=1S/C16H13NO3/c1-13-9-10-15(12-16(13)17(18)19)20-11-5-8-14-6-3-2-4-7-14/h2-4,6-7,9-10,12H,11H2,1H3. The molecule has 0 aromatic heterocycles. The van der Waals surface area contributed by atoms with Crippen LogP contribution in [0.5, 0.6) is 5.75 Å². The molecule has 0 atom stereocenters. The van der Waals surface area contributed by atoms with E-state index in [9.17, 15) is 10.1 Å². The van der Waals surface area contributed by atoms with E-state index < -0.39 is 4.92 Å². The lowest BCUT2D eigenvalue weighted by molar-refractivity contribution is -0.385.